The van der Waals surface area contributed by atoms with Gasteiger partial charge in [-0.15, -0.1) is 0 Å². The summed E-state index contributed by atoms with van der Waals surface area (Å²) >= 11 is 0. The van der Waals surface area contributed by atoms with E-state index in [9.17, 15) is 0 Å². The van der Waals surface area contributed by atoms with Crippen LogP contribution in [0.1, 0.15) is 61.8 Å². The van der Waals surface area contributed by atoms with Crippen molar-refractivity contribution in [1.82, 2.24) is 4.98 Å². The monoisotopic (exact) mass is 285 g/mol. The first-order chi connectivity index (χ1) is 10.4. The molecule has 3 aliphatic rings. The Morgan fingerprint density at radius 3 is 2.86 bits per heavy atom. The normalized spacial score (nSPS) is 28.3. The second kappa shape index (κ2) is 5.60. The molecule has 0 bridgehead atoms. The summed E-state index contributed by atoms with van der Waals surface area (Å²) in [5.41, 5.74) is 10.1. The molecule has 3 nitrogen and oxygen atoms in total. The highest BCUT2D eigenvalue weighted by atomic mass is 15.2. The fourth-order valence-electron chi connectivity index (χ4n) is 4.74. The molecule has 1 aliphatic heterocycles. The van der Waals surface area contributed by atoms with Gasteiger partial charge >= 0.3 is 0 Å². The van der Waals surface area contributed by atoms with E-state index in [4.69, 9.17) is 10.7 Å². The summed E-state index contributed by atoms with van der Waals surface area (Å²) in [6.45, 7) is 1.82. The molecule has 2 aliphatic carbocycles. The molecule has 2 heterocycles. The summed E-state index contributed by atoms with van der Waals surface area (Å²) in [6.07, 6.45) is 11.9. The Bertz CT molecular complexity index is 525. The van der Waals surface area contributed by atoms with Crippen LogP contribution in [0.4, 0.5) is 5.82 Å². The average Bonchev–Trinajstić information content (AvgIpc) is 2.97. The Morgan fingerprint density at radius 1 is 1.10 bits per heavy atom. The number of nitrogens with two attached hydrogens (primary N) is 1. The molecule has 0 radical (unpaired) electrons. The van der Waals surface area contributed by atoms with Gasteiger partial charge in [-0.2, -0.15) is 0 Å². The maximum atomic E-state index is 6.05. The summed E-state index contributed by atoms with van der Waals surface area (Å²) in [5, 5.41) is 0. The fourth-order valence-corrected chi connectivity index (χ4v) is 4.74. The third-order valence-electron chi connectivity index (χ3n) is 5.86. The quantitative estimate of drug-likeness (QED) is 0.907. The van der Waals surface area contributed by atoms with E-state index < -0.39 is 0 Å². The lowest BCUT2D eigenvalue weighted by Crippen LogP contribution is -2.36. The Kier molecular flexibility index (Phi) is 3.62. The van der Waals surface area contributed by atoms with Gasteiger partial charge < -0.3 is 10.6 Å². The summed E-state index contributed by atoms with van der Waals surface area (Å²) < 4.78 is 0. The van der Waals surface area contributed by atoms with Crippen LogP contribution in [0.2, 0.25) is 0 Å². The van der Waals surface area contributed by atoms with Gasteiger partial charge in [-0.1, -0.05) is 12.8 Å². The van der Waals surface area contributed by atoms with Gasteiger partial charge in [0, 0.05) is 30.4 Å². The Hall–Kier alpha value is -1.09. The van der Waals surface area contributed by atoms with Crippen LogP contribution < -0.4 is 10.6 Å². The second-order valence-corrected chi connectivity index (χ2v) is 7.08. The molecule has 0 amide bonds. The van der Waals surface area contributed by atoms with Crippen LogP contribution in [0.25, 0.3) is 0 Å². The molecule has 2 unspecified atom stereocenters. The van der Waals surface area contributed by atoms with Crippen LogP contribution in [0.15, 0.2) is 6.07 Å². The molecule has 1 aromatic heterocycles. The molecule has 21 heavy (non-hydrogen) atoms. The van der Waals surface area contributed by atoms with Crippen LogP contribution >= 0.6 is 0 Å². The van der Waals surface area contributed by atoms with Gasteiger partial charge in [0.25, 0.3) is 0 Å². The smallest absolute Gasteiger partial charge is 0.133 e. The largest absolute Gasteiger partial charge is 0.353 e. The number of aromatic nitrogens is 1. The lowest BCUT2D eigenvalue weighted by molar-refractivity contribution is 0.341. The first kappa shape index (κ1) is 13.6. The minimum absolute atomic E-state index is 0.628. The lowest BCUT2D eigenvalue weighted by Gasteiger charge is -2.34. The van der Waals surface area contributed by atoms with Crippen molar-refractivity contribution in [1.29, 1.82) is 0 Å². The van der Waals surface area contributed by atoms with Gasteiger partial charge in [0.2, 0.25) is 0 Å². The van der Waals surface area contributed by atoms with Gasteiger partial charge in [0.1, 0.15) is 5.82 Å². The molecular formula is C18H27N3. The zero-order valence-corrected chi connectivity index (χ0v) is 13.0. The molecule has 1 saturated carbocycles. The Morgan fingerprint density at radius 2 is 1.95 bits per heavy atom. The maximum absolute atomic E-state index is 6.05. The summed E-state index contributed by atoms with van der Waals surface area (Å²) in [5.74, 6) is 2.13. The van der Waals surface area contributed by atoms with Crippen LogP contribution in [-0.2, 0) is 19.4 Å². The van der Waals surface area contributed by atoms with E-state index in [2.05, 4.69) is 11.0 Å². The molecule has 2 N–H and O–H groups in total. The molecule has 2 fully saturated rings. The van der Waals surface area contributed by atoms with E-state index in [0.29, 0.717) is 6.54 Å². The van der Waals surface area contributed by atoms with Gasteiger partial charge in [0.15, 0.2) is 0 Å². The Labute approximate surface area is 127 Å². The minimum Gasteiger partial charge on any atom is -0.353 e. The second-order valence-electron chi connectivity index (χ2n) is 7.08. The molecule has 0 spiro atoms. The molecular weight excluding hydrogens is 258 g/mol. The van der Waals surface area contributed by atoms with Gasteiger partial charge in [-0.05, 0) is 62.5 Å². The standard InChI is InChI=1S/C18H27N3/c19-12-15-11-14-6-1-3-7-16(14)20-18(15)21-10-9-13-5-2-4-8-17(13)21/h11,13,17H,1-10,12,19H2. The number of fused-ring (bicyclic) bond motifs is 2. The number of pyridine rings is 1. The minimum atomic E-state index is 0.628. The average molecular weight is 285 g/mol. The third kappa shape index (κ3) is 2.36. The van der Waals surface area contributed by atoms with Crippen molar-refractivity contribution in [3.05, 3.63) is 22.9 Å². The topological polar surface area (TPSA) is 42.1 Å². The van der Waals surface area contributed by atoms with Crippen LogP contribution in [0, 0.1) is 5.92 Å². The summed E-state index contributed by atoms with van der Waals surface area (Å²) in [4.78, 5) is 7.72. The van der Waals surface area contributed by atoms with Gasteiger partial charge in [0.05, 0.1) is 0 Å². The first-order valence-electron chi connectivity index (χ1n) is 8.85. The van der Waals surface area contributed by atoms with E-state index >= 15 is 0 Å². The summed E-state index contributed by atoms with van der Waals surface area (Å²) in [6, 6.07) is 3.10. The summed E-state index contributed by atoms with van der Waals surface area (Å²) in [7, 11) is 0. The maximum Gasteiger partial charge on any atom is 0.133 e. The first-order valence-corrected chi connectivity index (χ1v) is 8.85. The number of anilines is 1. The highest BCUT2D eigenvalue weighted by Crippen LogP contribution is 2.40. The van der Waals surface area contributed by atoms with Crippen LogP contribution in [0.3, 0.4) is 0 Å². The number of nitrogens with zero attached hydrogens (tertiary/aromatic N) is 2. The molecule has 4 rings (SSSR count). The van der Waals surface area contributed by atoms with E-state index in [1.165, 1.54) is 80.6 Å². The number of rotatable bonds is 2. The predicted octanol–water partition coefficient (Wildman–Crippen LogP) is 3.19. The van der Waals surface area contributed by atoms with Crippen molar-refractivity contribution in [2.75, 3.05) is 11.4 Å². The lowest BCUT2D eigenvalue weighted by atomic mass is 9.85. The fraction of sp³-hybridized carbons (Fsp3) is 0.722. The molecule has 2 atom stereocenters. The van der Waals surface area contributed by atoms with Crippen LogP contribution in [0.5, 0.6) is 0 Å². The van der Waals surface area contributed by atoms with Crippen LogP contribution in [-0.4, -0.2) is 17.6 Å². The number of hydrogen-bond donors (Lipinski definition) is 1. The van der Waals surface area contributed by atoms with Crippen molar-refractivity contribution in [3.63, 3.8) is 0 Å². The van der Waals surface area contributed by atoms with E-state index in [0.717, 1.165) is 18.4 Å². The van der Waals surface area contributed by atoms with E-state index in [-0.39, 0.29) is 0 Å². The molecule has 3 heteroatoms. The highest BCUT2D eigenvalue weighted by molar-refractivity contribution is 5.52. The molecule has 114 valence electrons. The van der Waals surface area contributed by atoms with E-state index in [1.807, 2.05) is 0 Å². The van der Waals surface area contributed by atoms with Crippen molar-refractivity contribution >= 4 is 5.82 Å². The van der Waals surface area contributed by atoms with Gasteiger partial charge in [-0.25, -0.2) is 4.98 Å². The number of hydrogen-bond acceptors (Lipinski definition) is 3. The molecule has 1 aromatic rings. The van der Waals surface area contributed by atoms with Crippen molar-refractivity contribution in [3.8, 4) is 0 Å². The van der Waals surface area contributed by atoms with Gasteiger partial charge in [-0.3, -0.25) is 0 Å². The van der Waals surface area contributed by atoms with Crippen molar-refractivity contribution < 1.29 is 0 Å². The zero-order chi connectivity index (χ0) is 14.2. The molecule has 0 aromatic carbocycles. The number of aryl methyl sites for hydroxylation is 2. The predicted molar refractivity (Wildman–Crippen MR) is 86.5 cm³/mol. The van der Waals surface area contributed by atoms with Crippen molar-refractivity contribution in [2.24, 2.45) is 11.7 Å². The highest BCUT2D eigenvalue weighted by Gasteiger charge is 2.37. The van der Waals surface area contributed by atoms with Crippen molar-refractivity contribution in [2.45, 2.75) is 70.4 Å². The molecule has 1 saturated heterocycles. The third-order valence-corrected chi connectivity index (χ3v) is 5.86. The zero-order valence-electron chi connectivity index (χ0n) is 13.0. The SMILES string of the molecule is NCc1cc2c(nc1N1CCC3CCCCC31)CCCC2. The Balaban J connectivity index is 1.70. The van der Waals surface area contributed by atoms with E-state index in [1.54, 1.807) is 0 Å².